The van der Waals surface area contributed by atoms with E-state index in [-0.39, 0.29) is 17.0 Å². The molecule has 0 radical (unpaired) electrons. The number of anilines is 1. The molecule has 0 bridgehead atoms. The SMILES string of the molecule is CCCCn1c(N2CCC(Cc3ccccc3)CC2)c(/C=C2\SC(=S)N(CCCOCC)C2=O)c(C)c(C#N)c1=O. The van der Waals surface area contributed by atoms with Crippen LogP contribution in [0.1, 0.15) is 68.2 Å². The molecular weight excluding hydrogens is 553 g/mol. The molecule has 0 atom stereocenters. The lowest BCUT2D eigenvalue weighted by Gasteiger charge is -2.36. The number of amides is 1. The second-order valence-corrected chi connectivity index (χ2v) is 12.3. The van der Waals surface area contributed by atoms with E-state index in [2.05, 4.69) is 42.2 Å². The number of nitriles is 1. The summed E-state index contributed by atoms with van der Waals surface area (Å²) in [7, 11) is 0. The maximum Gasteiger partial charge on any atom is 0.270 e. The molecular formula is C32H40N4O3S2. The predicted molar refractivity (Wildman–Crippen MR) is 171 cm³/mol. The first-order valence-electron chi connectivity index (χ1n) is 14.7. The van der Waals surface area contributed by atoms with Crippen LogP contribution in [0.2, 0.25) is 0 Å². The second kappa shape index (κ2) is 14.8. The number of piperidine rings is 1. The summed E-state index contributed by atoms with van der Waals surface area (Å²) in [5, 5.41) is 9.98. The van der Waals surface area contributed by atoms with Crippen LogP contribution in [0.25, 0.3) is 6.08 Å². The second-order valence-electron chi connectivity index (χ2n) is 10.7. The molecule has 0 aliphatic carbocycles. The number of hydrogen-bond acceptors (Lipinski definition) is 7. The Hall–Kier alpha value is -2.93. The Bertz CT molecular complexity index is 1370. The number of ether oxygens (including phenoxy) is 1. The molecule has 3 heterocycles. The van der Waals surface area contributed by atoms with Crippen molar-refractivity contribution < 1.29 is 9.53 Å². The van der Waals surface area contributed by atoms with Gasteiger partial charge in [-0.2, -0.15) is 5.26 Å². The Kier molecular flexibility index (Phi) is 11.2. The van der Waals surface area contributed by atoms with Crippen LogP contribution in [0.3, 0.4) is 0 Å². The molecule has 0 unspecified atom stereocenters. The number of pyridine rings is 1. The van der Waals surface area contributed by atoms with Gasteiger partial charge in [-0.3, -0.25) is 19.1 Å². The van der Waals surface area contributed by atoms with E-state index in [0.29, 0.717) is 53.4 Å². The molecule has 1 amide bonds. The van der Waals surface area contributed by atoms with Crippen molar-refractivity contribution in [1.82, 2.24) is 9.47 Å². The molecule has 218 valence electrons. The molecule has 2 fully saturated rings. The van der Waals surface area contributed by atoms with Crippen molar-refractivity contribution in [3.05, 3.63) is 67.8 Å². The van der Waals surface area contributed by atoms with E-state index in [1.54, 1.807) is 9.47 Å². The van der Waals surface area contributed by atoms with Crippen molar-refractivity contribution in [1.29, 1.82) is 5.26 Å². The van der Waals surface area contributed by atoms with E-state index >= 15 is 0 Å². The largest absolute Gasteiger partial charge is 0.382 e. The minimum atomic E-state index is -0.250. The molecule has 1 aromatic carbocycles. The highest BCUT2D eigenvalue weighted by atomic mass is 32.2. The third kappa shape index (κ3) is 7.29. The smallest absolute Gasteiger partial charge is 0.270 e. The van der Waals surface area contributed by atoms with Gasteiger partial charge in [-0.1, -0.05) is 67.7 Å². The van der Waals surface area contributed by atoms with Crippen molar-refractivity contribution in [2.45, 2.75) is 65.8 Å². The lowest BCUT2D eigenvalue weighted by molar-refractivity contribution is -0.122. The molecule has 2 saturated heterocycles. The fraction of sp³-hybridized carbons (Fsp3) is 0.500. The van der Waals surface area contributed by atoms with Crippen molar-refractivity contribution in [2.24, 2.45) is 5.92 Å². The van der Waals surface area contributed by atoms with E-state index in [1.807, 2.05) is 26.0 Å². The van der Waals surface area contributed by atoms with Crippen LogP contribution >= 0.6 is 24.0 Å². The first-order chi connectivity index (χ1) is 19.9. The molecule has 41 heavy (non-hydrogen) atoms. The summed E-state index contributed by atoms with van der Waals surface area (Å²) < 4.78 is 7.74. The lowest BCUT2D eigenvalue weighted by atomic mass is 9.90. The Morgan fingerprint density at radius 1 is 1.12 bits per heavy atom. The maximum absolute atomic E-state index is 13.6. The monoisotopic (exact) mass is 592 g/mol. The van der Waals surface area contributed by atoms with Gasteiger partial charge in [-0.25, -0.2) is 0 Å². The minimum Gasteiger partial charge on any atom is -0.382 e. The summed E-state index contributed by atoms with van der Waals surface area (Å²) in [6, 6.07) is 12.7. The highest BCUT2D eigenvalue weighted by Gasteiger charge is 2.33. The molecule has 0 spiro atoms. The number of unbranched alkanes of at least 4 members (excludes halogenated alkanes) is 1. The number of nitrogens with zero attached hydrogens (tertiary/aromatic N) is 4. The maximum atomic E-state index is 13.6. The number of benzene rings is 1. The van der Waals surface area contributed by atoms with Crippen LogP contribution in [-0.2, 0) is 22.5 Å². The average molecular weight is 593 g/mol. The number of thiocarbonyl (C=S) groups is 1. The molecule has 1 aromatic heterocycles. The van der Waals surface area contributed by atoms with Crippen LogP contribution in [-0.4, -0.2) is 52.5 Å². The highest BCUT2D eigenvalue weighted by molar-refractivity contribution is 8.26. The molecule has 2 aliphatic rings. The Balaban J connectivity index is 1.69. The summed E-state index contributed by atoms with van der Waals surface area (Å²) in [5.41, 5.74) is 2.63. The summed E-state index contributed by atoms with van der Waals surface area (Å²) in [6.07, 6.45) is 7.39. The van der Waals surface area contributed by atoms with Gasteiger partial charge in [0.05, 0.1) is 4.91 Å². The van der Waals surface area contributed by atoms with Crippen molar-refractivity contribution in [2.75, 3.05) is 37.7 Å². The molecule has 9 heteroatoms. The topological polar surface area (TPSA) is 78.6 Å². The lowest BCUT2D eigenvalue weighted by Crippen LogP contribution is -2.40. The molecule has 2 aromatic rings. The normalized spacial score (nSPS) is 17.1. The first-order valence-corrected chi connectivity index (χ1v) is 15.9. The van der Waals surface area contributed by atoms with Crippen molar-refractivity contribution in [3.8, 4) is 6.07 Å². The van der Waals surface area contributed by atoms with Gasteiger partial charge in [0.15, 0.2) is 0 Å². The molecule has 7 nitrogen and oxygen atoms in total. The quantitative estimate of drug-likeness (QED) is 0.172. The molecule has 4 rings (SSSR count). The summed E-state index contributed by atoms with van der Waals surface area (Å²) in [6.45, 7) is 9.74. The van der Waals surface area contributed by atoms with E-state index in [0.717, 1.165) is 56.6 Å². The zero-order chi connectivity index (χ0) is 29.4. The van der Waals surface area contributed by atoms with E-state index < -0.39 is 0 Å². The molecule has 0 saturated carbocycles. The fourth-order valence-corrected chi connectivity index (χ4v) is 6.89. The third-order valence-corrected chi connectivity index (χ3v) is 9.26. The zero-order valence-electron chi connectivity index (χ0n) is 24.4. The van der Waals surface area contributed by atoms with Gasteiger partial charge in [0, 0.05) is 45.0 Å². The predicted octanol–water partition coefficient (Wildman–Crippen LogP) is 5.92. The van der Waals surface area contributed by atoms with Gasteiger partial charge in [-0.15, -0.1) is 0 Å². The van der Waals surface area contributed by atoms with Crippen LogP contribution in [0, 0.1) is 24.2 Å². The number of carbonyl (C=O) groups is 1. The summed E-state index contributed by atoms with van der Waals surface area (Å²) in [4.78, 5) is 31.5. The van der Waals surface area contributed by atoms with Gasteiger partial charge >= 0.3 is 0 Å². The van der Waals surface area contributed by atoms with Gasteiger partial charge in [0.1, 0.15) is 21.8 Å². The number of rotatable bonds is 12. The van der Waals surface area contributed by atoms with Gasteiger partial charge in [-0.05, 0) is 69.1 Å². The zero-order valence-corrected chi connectivity index (χ0v) is 26.0. The van der Waals surface area contributed by atoms with E-state index in [9.17, 15) is 14.9 Å². The Morgan fingerprint density at radius 2 is 1.85 bits per heavy atom. The van der Waals surface area contributed by atoms with E-state index in [1.165, 1.54) is 17.3 Å². The standard InChI is InChI=1S/C32H40N4O3S2/c1-4-6-15-35-29(34-17-13-25(14-18-34)20-24-11-8-7-9-12-24)26(23(3)27(22-33)30(35)37)21-28-31(38)36(32(40)41-28)16-10-19-39-5-2/h7-9,11-12,21,25H,4-6,10,13-20H2,1-3H3/b28-21-. The van der Waals surface area contributed by atoms with Crippen molar-refractivity contribution >= 4 is 46.1 Å². The Labute approximate surface area is 253 Å². The summed E-state index contributed by atoms with van der Waals surface area (Å²) in [5.74, 6) is 1.26. The van der Waals surface area contributed by atoms with Crippen LogP contribution in [0.15, 0.2) is 40.0 Å². The number of thioether (sulfide) groups is 1. The Morgan fingerprint density at radius 3 is 2.51 bits per heavy atom. The van der Waals surface area contributed by atoms with E-state index in [4.69, 9.17) is 17.0 Å². The van der Waals surface area contributed by atoms with Crippen LogP contribution in [0.5, 0.6) is 0 Å². The fourth-order valence-electron chi connectivity index (χ4n) is 5.60. The van der Waals surface area contributed by atoms with Gasteiger partial charge in [0.2, 0.25) is 0 Å². The van der Waals surface area contributed by atoms with Gasteiger partial charge in [0.25, 0.3) is 11.5 Å². The third-order valence-electron chi connectivity index (χ3n) is 7.89. The average Bonchev–Trinajstić information content (AvgIpc) is 3.24. The van der Waals surface area contributed by atoms with Crippen molar-refractivity contribution in [3.63, 3.8) is 0 Å². The van der Waals surface area contributed by atoms with Crippen LogP contribution < -0.4 is 10.5 Å². The number of carbonyl (C=O) groups excluding carboxylic acids is 1. The number of hydrogen-bond donors (Lipinski definition) is 0. The minimum absolute atomic E-state index is 0.131. The molecule has 2 aliphatic heterocycles. The highest BCUT2D eigenvalue weighted by Crippen LogP contribution is 2.37. The first kappa shape index (κ1) is 31.0. The summed E-state index contributed by atoms with van der Waals surface area (Å²) >= 11 is 6.85. The van der Waals surface area contributed by atoms with Gasteiger partial charge < -0.3 is 9.64 Å². The molecule has 0 N–H and O–H groups in total. The van der Waals surface area contributed by atoms with Crippen LogP contribution in [0.4, 0.5) is 5.82 Å². The number of aromatic nitrogens is 1.